The van der Waals surface area contributed by atoms with E-state index in [-0.39, 0.29) is 22.1 Å². The second-order valence-electron chi connectivity index (χ2n) is 8.88. The standard InChI is InChI=1S/C23H19ClF4N10/c1-12-7-29-18(32-19-3-4-30-35(19)2)6-15(12)13-5-16-21-33-34-22(23(27,28)37-10-14(24)8-31-37)38(21)17(20(25)26)11-36(16)9-13/h3-10,17,20H,11H2,1-2H3,(H,29,32)/t17-/m1/s1. The Morgan fingerprint density at radius 2 is 1.95 bits per heavy atom. The Morgan fingerprint density at radius 1 is 1.13 bits per heavy atom. The maximum Gasteiger partial charge on any atom is 0.404 e. The predicted octanol–water partition coefficient (Wildman–Crippen LogP) is 4.86. The van der Waals surface area contributed by atoms with Crippen LogP contribution in [0.1, 0.15) is 17.4 Å². The summed E-state index contributed by atoms with van der Waals surface area (Å²) in [7, 11) is 1.79. The summed E-state index contributed by atoms with van der Waals surface area (Å²) in [6, 6.07) is -0.164. The number of aryl methyl sites for hydroxylation is 2. The van der Waals surface area contributed by atoms with E-state index in [4.69, 9.17) is 11.6 Å². The number of hydrogen-bond donors (Lipinski definition) is 1. The van der Waals surface area contributed by atoms with Gasteiger partial charge in [0.25, 0.3) is 6.43 Å². The van der Waals surface area contributed by atoms with Crippen molar-refractivity contribution in [2.24, 2.45) is 7.05 Å². The highest BCUT2D eigenvalue weighted by molar-refractivity contribution is 6.30. The minimum atomic E-state index is -3.86. The van der Waals surface area contributed by atoms with Crippen molar-refractivity contribution in [1.82, 2.24) is 43.9 Å². The molecule has 6 rings (SSSR count). The molecule has 0 bridgehead atoms. The summed E-state index contributed by atoms with van der Waals surface area (Å²) >= 11 is 5.75. The Balaban J connectivity index is 1.43. The van der Waals surface area contributed by atoms with Gasteiger partial charge in [0.1, 0.15) is 17.7 Å². The Bertz CT molecular complexity index is 1650. The van der Waals surface area contributed by atoms with Crippen molar-refractivity contribution in [3.8, 4) is 22.6 Å². The fourth-order valence-corrected chi connectivity index (χ4v) is 4.68. The van der Waals surface area contributed by atoms with Crippen molar-refractivity contribution in [1.29, 1.82) is 0 Å². The van der Waals surface area contributed by atoms with Crippen molar-refractivity contribution in [3.05, 3.63) is 65.6 Å². The Labute approximate surface area is 217 Å². The van der Waals surface area contributed by atoms with Crippen molar-refractivity contribution in [2.45, 2.75) is 32.0 Å². The number of halogens is 5. The van der Waals surface area contributed by atoms with Gasteiger partial charge in [-0.25, -0.2) is 18.4 Å². The summed E-state index contributed by atoms with van der Waals surface area (Å²) in [5, 5.41) is 18.4. The molecule has 196 valence electrons. The van der Waals surface area contributed by atoms with Crippen LogP contribution in [0.25, 0.3) is 22.6 Å². The number of rotatable bonds is 6. The van der Waals surface area contributed by atoms with Gasteiger partial charge in [0.2, 0.25) is 5.82 Å². The Hall–Kier alpha value is -4.20. The molecule has 1 N–H and O–H groups in total. The average molecular weight is 547 g/mol. The molecular weight excluding hydrogens is 528 g/mol. The zero-order chi connectivity index (χ0) is 26.8. The minimum absolute atomic E-state index is 0.0306. The fraction of sp³-hybridized carbons (Fsp3) is 0.261. The summed E-state index contributed by atoms with van der Waals surface area (Å²) in [6.07, 6.45) is 3.99. The average Bonchev–Trinajstić information content (AvgIpc) is 3.66. The molecule has 0 fully saturated rings. The van der Waals surface area contributed by atoms with Gasteiger partial charge in [-0.2, -0.15) is 19.0 Å². The summed E-state index contributed by atoms with van der Waals surface area (Å²) in [4.78, 5) is 4.41. The number of alkyl halides is 4. The lowest BCUT2D eigenvalue weighted by molar-refractivity contribution is -0.0644. The van der Waals surface area contributed by atoms with E-state index < -0.39 is 24.3 Å². The van der Waals surface area contributed by atoms with Gasteiger partial charge in [-0.1, -0.05) is 11.6 Å². The quantitative estimate of drug-likeness (QED) is 0.306. The second-order valence-corrected chi connectivity index (χ2v) is 9.32. The van der Waals surface area contributed by atoms with Gasteiger partial charge >= 0.3 is 6.05 Å². The van der Waals surface area contributed by atoms with Gasteiger partial charge in [0.05, 0.1) is 29.3 Å². The predicted molar refractivity (Wildman–Crippen MR) is 129 cm³/mol. The molecule has 1 atom stereocenters. The number of nitrogens with one attached hydrogen (secondary N) is 1. The van der Waals surface area contributed by atoms with E-state index in [0.717, 1.165) is 33.9 Å². The summed E-state index contributed by atoms with van der Waals surface area (Å²) in [6.45, 7) is 1.61. The monoisotopic (exact) mass is 546 g/mol. The van der Waals surface area contributed by atoms with E-state index >= 15 is 8.78 Å². The Morgan fingerprint density at radius 3 is 2.63 bits per heavy atom. The molecule has 0 aliphatic carbocycles. The second kappa shape index (κ2) is 8.68. The summed E-state index contributed by atoms with van der Waals surface area (Å²) < 4.78 is 63.4. The zero-order valence-corrected chi connectivity index (χ0v) is 20.7. The van der Waals surface area contributed by atoms with Crippen LogP contribution in [0.15, 0.2) is 49.2 Å². The smallest absolute Gasteiger partial charge is 0.342 e. The van der Waals surface area contributed by atoms with Crippen LogP contribution in [0.3, 0.4) is 0 Å². The summed E-state index contributed by atoms with van der Waals surface area (Å²) in [5.74, 6) is 0.227. The van der Waals surface area contributed by atoms with E-state index in [1.807, 2.05) is 13.0 Å². The Kier molecular flexibility index (Phi) is 5.52. The molecule has 15 heteroatoms. The molecule has 6 heterocycles. The van der Waals surface area contributed by atoms with Gasteiger partial charge in [-0.3, -0.25) is 9.25 Å². The first kappa shape index (κ1) is 24.2. The van der Waals surface area contributed by atoms with Gasteiger partial charge < -0.3 is 9.88 Å². The first-order chi connectivity index (χ1) is 18.1. The first-order valence-electron chi connectivity index (χ1n) is 11.4. The molecule has 0 aromatic carbocycles. The lowest BCUT2D eigenvalue weighted by Crippen LogP contribution is -2.35. The number of aromatic nitrogens is 9. The van der Waals surface area contributed by atoms with Crippen LogP contribution in [0, 0.1) is 6.92 Å². The lowest BCUT2D eigenvalue weighted by Gasteiger charge is -2.29. The third-order valence-electron chi connectivity index (χ3n) is 6.43. The van der Waals surface area contributed by atoms with Crippen molar-refractivity contribution >= 4 is 23.2 Å². The highest BCUT2D eigenvalue weighted by atomic mass is 35.5. The number of anilines is 2. The van der Waals surface area contributed by atoms with Gasteiger partial charge in [0.15, 0.2) is 5.82 Å². The first-order valence-corrected chi connectivity index (χ1v) is 11.8. The van der Waals surface area contributed by atoms with Gasteiger partial charge in [-0.15, -0.1) is 10.2 Å². The van der Waals surface area contributed by atoms with Crippen molar-refractivity contribution in [3.63, 3.8) is 0 Å². The molecule has 0 spiro atoms. The zero-order valence-electron chi connectivity index (χ0n) is 19.9. The maximum atomic E-state index is 15.3. The molecule has 38 heavy (non-hydrogen) atoms. The largest absolute Gasteiger partial charge is 0.404 e. The van der Waals surface area contributed by atoms with E-state index in [1.165, 1.54) is 0 Å². The van der Waals surface area contributed by atoms with Crippen LogP contribution in [0.2, 0.25) is 5.02 Å². The third-order valence-corrected chi connectivity index (χ3v) is 6.62. The van der Waals surface area contributed by atoms with Gasteiger partial charge in [-0.05, 0) is 30.2 Å². The molecule has 0 radical (unpaired) electrons. The highest BCUT2D eigenvalue weighted by Crippen LogP contribution is 2.41. The van der Waals surface area contributed by atoms with Crippen molar-refractivity contribution in [2.75, 3.05) is 5.32 Å². The normalized spacial score (nSPS) is 15.1. The lowest BCUT2D eigenvalue weighted by atomic mass is 10.1. The SMILES string of the molecule is Cc1cnc(Nc2ccnn2C)cc1-c1cc2n(c1)C[C@H](C(F)F)n1c-2nnc1C(F)(F)n1cc(Cl)cn1. The van der Waals surface area contributed by atoms with E-state index in [9.17, 15) is 8.78 Å². The van der Waals surface area contributed by atoms with Gasteiger partial charge in [0, 0.05) is 37.6 Å². The number of hydrogen-bond acceptors (Lipinski definition) is 6. The van der Waals surface area contributed by atoms with E-state index in [0.29, 0.717) is 17.1 Å². The van der Waals surface area contributed by atoms with Crippen LogP contribution in [0.5, 0.6) is 0 Å². The minimum Gasteiger partial charge on any atom is -0.342 e. The molecule has 0 saturated heterocycles. The highest BCUT2D eigenvalue weighted by Gasteiger charge is 2.46. The maximum absolute atomic E-state index is 15.3. The van der Waals surface area contributed by atoms with Crippen LogP contribution >= 0.6 is 11.6 Å². The molecule has 5 aromatic heterocycles. The van der Waals surface area contributed by atoms with E-state index in [1.54, 1.807) is 47.0 Å². The molecule has 5 aromatic rings. The molecule has 1 aliphatic rings. The summed E-state index contributed by atoms with van der Waals surface area (Å²) in [5.41, 5.74) is 2.67. The van der Waals surface area contributed by atoms with Crippen LogP contribution < -0.4 is 5.32 Å². The van der Waals surface area contributed by atoms with Crippen LogP contribution in [0.4, 0.5) is 29.2 Å². The van der Waals surface area contributed by atoms with E-state index in [2.05, 4.69) is 30.7 Å². The molecule has 0 unspecified atom stereocenters. The third kappa shape index (κ3) is 3.83. The molecule has 1 aliphatic heterocycles. The number of nitrogens with zero attached hydrogens (tertiary/aromatic N) is 9. The van der Waals surface area contributed by atoms with Crippen molar-refractivity contribution < 1.29 is 17.6 Å². The van der Waals surface area contributed by atoms with Crippen LogP contribution in [-0.2, 0) is 19.6 Å². The number of fused-ring (bicyclic) bond motifs is 3. The molecule has 10 nitrogen and oxygen atoms in total. The molecule has 0 saturated carbocycles. The molecule has 0 amide bonds. The topological polar surface area (TPSA) is 96.2 Å². The fourth-order valence-electron chi connectivity index (χ4n) is 4.54. The number of pyridine rings is 1. The van der Waals surface area contributed by atoms with Crippen LogP contribution in [-0.4, -0.2) is 50.3 Å². The molecular formula is C23H19ClF4N10.